The van der Waals surface area contributed by atoms with Crippen molar-refractivity contribution < 1.29 is 0 Å². The molecule has 25 heavy (non-hydrogen) atoms. The predicted molar refractivity (Wildman–Crippen MR) is 117 cm³/mol. The van der Waals surface area contributed by atoms with Crippen LogP contribution in [0.15, 0.2) is 69.9 Å². The summed E-state index contributed by atoms with van der Waals surface area (Å²) in [6.07, 6.45) is 10.9. The first kappa shape index (κ1) is 23.4. The van der Waals surface area contributed by atoms with E-state index in [2.05, 4.69) is 80.2 Å². The summed E-state index contributed by atoms with van der Waals surface area (Å²) in [6, 6.07) is 0. The Morgan fingerprint density at radius 2 is 1.72 bits per heavy atom. The van der Waals surface area contributed by atoms with Crippen LogP contribution in [0.4, 0.5) is 0 Å². The van der Waals surface area contributed by atoms with Gasteiger partial charge < -0.3 is 0 Å². The van der Waals surface area contributed by atoms with E-state index in [1.165, 1.54) is 39.0 Å². The highest BCUT2D eigenvalue weighted by atomic mass is 14.3. The van der Waals surface area contributed by atoms with Gasteiger partial charge in [0, 0.05) is 0 Å². The SMILES string of the molecule is C=CC1=C(/C=C\C)C(C(/C=C(\CC)C(C)(C)C)=C(C)C)=C(C)C1.CC. The molecular formula is C25H40. The zero-order valence-electron chi connectivity index (χ0n) is 18.4. The van der Waals surface area contributed by atoms with Gasteiger partial charge in [0.25, 0.3) is 0 Å². The zero-order chi connectivity index (χ0) is 19.8. The molecule has 0 saturated heterocycles. The molecule has 0 aromatic carbocycles. The van der Waals surface area contributed by atoms with Gasteiger partial charge in [0.05, 0.1) is 0 Å². The molecule has 0 bridgehead atoms. The summed E-state index contributed by atoms with van der Waals surface area (Å²) in [7, 11) is 0. The van der Waals surface area contributed by atoms with Gasteiger partial charge in [-0.1, -0.05) is 89.1 Å². The van der Waals surface area contributed by atoms with E-state index in [1.54, 1.807) is 0 Å². The molecule has 1 aliphatic carbocycles. The van der Waals surface area contributed by atoms with Gasteiger partial charge >= 0.3 is 0 Å². The summed E-state index contributed by atoms with van der Waals surface area (Å²) in [5.41, 5.74) is 10.0. The highest BCUT2D eigenvalue weighted by Gasteiger charge is 2.23. The first-order valence-electron chi connectivity index (χ1n) is 9.74. The van der Waals surface area contributed by atoms with E-state index in [0.29, 0.717) is 0 Å². The van der Waals surface area contributed by atoms with E-state index in [4.69, 9.17) is 0 Å². The smallest absolute Gasteiger partial charge is 0.00545 e. The lowest BCUT2D eigenvalue weighted by Crippen LogP contribution is -2.09. The average Bonchev–Trinajstić information content (AvgIpc) is 2.85. The predicted octanol–water partition coefficient (Wildman–Crippen LogP) is 8.51. The van der Waals surface area contributed by atoms with Gasteiger partial charge in [-0.3, -0.25) is 0 Å². The summed E-state index contributed by atoms with van der Waals surface area (Å²) in [4.78, 5) is 0. The van der Waals surface area contributed by atoms with E-state index in [-0.39, 0.29) is 5.41 Å². The van der Waals surface area contributed by atoms with Crippen LogP contribution in [0.25, 0.3) is 0 Å². The number of hydrogen-bond acceptors (Lipinski definition) is 0. The summed E-state index contributed by atoms with van der Waals surface area (Å²) in [6.45, 7) is 26.0. The lowest BCUT2D eigenvalue weighted by Gasteiger charge is -2.24. The van der Waals surface area contributed by atoms with Gasteiger partial charge in [0.1, 0.15) is 0 Å². The van der Waals surface area contributed by atoms with Crippen molar-refractivity contribution in [1.82, 2.24) is 0 Å². The van der Waals surface area contributed by atoms with E-state index < -0.39 is 0 Å². The van der Waals surface area contributed by atoms with E-state index in [0.717, 1.165) is 12.8 Å². The van der Waals surface area contributed by atoms with E-state index in [9.17, 15) is 0 Å². The summed E-state index contributed by atoms with van der Waals surface area (Å²) >= 11 is 0. The minimum Gasteiger partial charge on any atom is -0.0988 e. The summed E-state index contributed by atoms with van der Waals surface area (Å²) in [5, 5.41) is 0. The van der Waals surface area contributed by atoms with Gasteiger partial charge in [0.2, 0.25) is 0 Å². The normalized spacial score (nSPS) is 15.5. The molecule has 1 rings (SSSR count). The quantitative estimate of drug-likeness (QED) is 0.440. The average molecular weight is 341 g/mol. The molecule has 0 amide bonds. The molecule has 0 saturated carbocycles. The lowest BCUT2D eigenvalue weighted by molar-refractivity contribution is 0.488. The topological polar surface area (TPSA) is 0 Å². The number of hydrogen-bond donors (Lipinski definition) is 0. The molecule has 0 unspecified atom stereocenters. The molecule has 0 aromatic heterocycles. The Labute approximate surface area is 157 Å². The Morgan fingerprint density at radius 1 is 1.16 bits per heavy atom. The van der Waals surface area contributed by atoms with Crippen molar-refractivity contribution in [3.63, 3.8) is 0 Å². The van der Waals surface area contributed by atoms with E-state index in [1.807, 2.05) is 19.9 Å². The highest BCUT2D eigenvalue weighted by Crippen LogP contribution is 2.41. The van der Waals surface area contributed by atoms with Crippen LogP contribution in [-0.4, -0.2) is 0 Å². The highest BCUT2D eigenvalue weighted by molar-refractivity contribution is 5.66. The van der Waals surface area contributed by atoms with Crippen LogP contribution >= 0.6 is 0 Å². The second-order valence-corrected chi connectivity index (χ2v) is 7.66. The zero-order valence-corrected chi connectivity index (χ0v) is 18.4. The Morgan fingerprint density at radius 3 is 2.08 bits per heavy atom. The molecule has 0 atom stereocenters. The van der Waals surface area contributed by atoms with Gasteiger partial charge in [-0.25, -0.2) is 0 Å². The fraction of sp³-hybridized carbons (Fsp3) is 0.520. The molecule has 0 aliphatic heterocycles. The van der Waals surface area contributed by atoms with Crippen molar-refractivity contribution >= 4 is 0 Å². The molecule has 1 aliphatic rings. The van der Waals surface area contributed by atoms with Gasteiger partial charge in [-0.2, -0.15) is 0 Å². The Balaban J connectivity index is 0.00000277. The van der Waals surface area contributed by atoms with Crippen LogP contribution in [0, 0.1) is 5.41 Å². The van der Waals surface area contributed by atoms with Gasteiger partial charge in [0.15, 0.2) is 0 Å². The third-order valence-corrected chi connectivity index (χ3v) is 4.55. The van der Waals surface area contributed by atoms with Crippen LogP contribution in [-0.2, 0) is 0 Å². The first-order valence-corrected chi connectivity index (χ1v) is 9.74. The molecule has 0 radical (unpaired) electrons. The van der Waals surface area contributed by atoms with Gasteiger partial charge in [-0.05, 0) is 68.2 Å². The maximum absolute atomic E-state index is 4.01. The molecule has 0 fully saturated rings. The number of rotatable bonds is 5. The fourth-order valence-corrected chi connectivity index (χ4v) is 3.26. The molecule has 0 spiro atoms. The molecule has 0 heterocycles. The van der Waals surface area contributed by atoms with Crippen LogP contribution < -0.4 is 0 Å². The van der Waals surface area contributed by atoms with Crippen molar-refractivity contribution in [2.45, 2.75) is 82.1 Å². The largest absolute Gasteiger partial charge is 0.0988 e. The minimum absolute atomic E-state index is 0.203. The maximum Gasteiger partial charge on any atom is -0.00545 e. The van der Waals surface area contributed by atoms with E-state index >= 15 is 0 Å². The second-order valence-electron chi connectivity index (χ2n) is 7.66. The summed E-state index contributed by atoms with van der Waals surface area (Å²) < 4.78 is 0. The van der Waals surface area contributed by atoms with Crippen molar-refractivity contribution in [3.8, 4) is 0 Å². The van der Waals surface area contributed by atoms with Crippen molar-refractivity contribution in [1.29, 1.82) is 0 Å². The third-order valence-electron chi connectivity index (χ3n) is 4.55. The van der Waals surface area contributed by atoms with Crippen LogP contribution in [0.3, 0.4) is 0 Å². The molecule has 0 N–H and O–H groups in total. The Kier molecular flexibility index (Phi) is 9.78. The second kappa shape index (κ2) is 10.4. The molecule has 0 heteroatoms. The van der Waals surface area contributed by atoms with Gasteiger partial charge in [-0.15, -0.1) is 0 Å². The molecular weight excluding hydrogens is 300 g/mol. The number of allylic oxidation sites excluding steroid dienone is 11. The summed E-state index contributed by atoms with van der Waals surface area (Å²) in [5.74, 6) is 0. The Hall–Kier alpha value is -1.56. The minimum atomic E-state index is 0.203. The lowest BCUT2D eigenvalue weighted by atomic mass is 9.81. The third kappa shape index (κ3) is 6.03. The van der Waals surface area contributed by atoms with Crippen molar-refractivity contribution in [3.05, 3.63) is 69.9 Å². The molecule has 0 aromatic rings. The molecule has 0 nitrogen and oxygen atoms in total. The standard InChI is InChI=1S/C23H34.C2H6/c1-10-13-20-18(11-2)14-17(6)22(20)21(16(4)5)15-19(12-3)23(7,8)9;1-2/h10-11,13,15H,2,12,14H2,1,3-9H3;1-2H3/b13-10-,19-15+;. The Bertz CT molecular complexity index is 615. The van der Waals surface area contributed by atoms with Crippen LogP contribution in [0.1, 0.15) is 82.1 Å². The van der Waals surface area contributed by atoms with Crippen LogP contribution in [0.2, 0.25) is 0 Å². The molecule has 140 valence electrons. The first-order chi connectivity index (χ1) is 11.7. The monoisotopic (exact) mass is 340 g/mol. The van der Waals surface area contributed by atoms with Crippen molar-refractivity contribution in [2.75, 3.05) is 0 Å². The van der Waals surface area contributed by atoms with Crippen molar-refractivity contribution in [2.24, 2.45) is 5.41 Å². The van der Waals surface area contributed by atoms with Crippen LogP contribution in [0.5, 0.6) is 0 Å². The maximum atomic E-state index is 4.01. The fourth-order valence-electron chi connectivity index (χ4n) is 3.26.